The molecule has 0 amide bonds. The number of halogens is 2. The highest BCUT2D eigenvalue weighted by Crippen LogP contribution is 2.47. The van der Waals surface area contributed by atoms with Crippen LogP contribution in [0.5, 0.6) is 0 Å². The van der Waals surface area contributed by atoms with Gasteiger partial charge in [0.2, 0.25) is 0 Å². The first-order valence-corrected chi connectivity index (χ1v) is 12.3. The standard InChI is InChI=1S/C24H27ClFNO5S/c1-5-33-10-9-32-24(30)18-13(3)27-16-11-12(2)17(23(29)31-4)22(28)20(16)21(18)19-14(25)7-6-8-15(19)26/h6-8,12,17,21,27H,5,9-11H2,1-4H3/t12-,17-,21-/m0/s1. The lowest BCUT2D eigenvalue weighted by molar-refractivity contribution is -0.151. The SMILES string of the molecule is CCSCCOC(=O)C1=C(C)NC2=C(C(=O)[C@@H](C(=O)OC)[C@@H](C)C2)[C@@H]1c1c(F)cccc1Cl. The Bertz CT molecular complexity index is 1020. The number of carbonyl (C=O) groups is 3. The Morgan fingerprint density at radius 1 is 1.33 bits per heavy atom. The quantitative estimate of drug-likeness (QED) is 0.341. The number of hydrogen-bond acceptors (Lipinski definition) is 7. The summed E-state index contributed by atoms with van der Waals surface area (Å²) in [4.78, 5) is 39.2. The van der Waals surface area contributed by atoms with E-state index in [1.807, 2.05) is 6.92 Å². The molecule has 0 aromatic heterocycles. The molecule has 0 unspecified atom stereocenters. The monoisotopic (exact) mass is 495 g/mol. The van der Waals surface area contributed by atoms with Gasteiger partial charge >= 0.3 is 11.9 Å². The van der Waals surface area contributed by atoms with Crippen molar-refractivity contribution in [2.75, 3.05) is 25.2 Å². The fourth-order valence-corrected chi connectivity index (χ4v) is 5.20. The molecule has 0 saturated heterocycles. The maximum atomic E-state index is 15.1. The Labute approximate surface area is 201 Å². The summed E-state index contributed by atoms with van der Waals surface area (Å²) in [6, 6.07) is 4.19. The second-order valence-electron chi connectivity index (χ2n) is 8.00. The van der Waals surface area contributed by atoms with Gasteiger partial charge in [0.15, 0.2) is 5.78 Å². The van der Waals surface area contributed by atoms with Gasteiger partial charge in [0.05, 0.1) is 18.6 Å². The highest BCUT2D eigenvalue weighted by Gasteiger charge is 2.48. The fraction of sp³-hybridized carbons (Fsp3) is 0.458. The smallest absolute Gasteiger partial charge is 0.336 e. The molecule has 0 spiro atoms. The van der Waals surface area contributed by atoms with Gasteiger partial charge in [-0.25, -0.2) is 9.18 Å². The Kier molecular flexibility index (Phi) is 8.23. The number of esters is 2. The number of carbonyl (C=O) groups excluding carboxylic acids is 3. The van der Waals surface area contributed by atoms with Gasteiger partial charge in [-0.2, -0.15) is 11.8 Å². The van der Waals surface area contributed by atoms with Crippen LogP contribution in [0.25, 0.3) is 0 Å². The lowest BCUT2D eigenvalue weighted by Gasteiger charge is -2.38. The molecule has 0 saturated carbocycles. The summed E-state index contributed by atoms with van der Waals surface area (Å²) in [5.41, 5.74) is 1.27. The Balaban J connectivity index is 2.14. The van der Waals surface area contributed by atoms with Crippen molar-refractivity contribution in [3.63, 3.8) is 0 Å². The predicted molar refractivity (Wildman–Crippen MR) is 125 cm³/mol. The Morgan fingerprint density at radius 2 is 2.06 bits per heavy atom. The molecule has 1 aliphatic heterocycles. The predicted octanol–water partition coefficient (Wildman–Crippen LogP) is 4.39. The zero-order chi connectivity index (χ0) is 24.3. The molecule has 2 aliphatic rings. The third kappa shape index (κ3) is 4.96. The van der Waals surface area contributed by atoms with Crippen molar-refractivity contribution in [2.24, 2.45) is 11.8 Å². The first-order valence-electron chi connectivity index (χ1n) is 10.7. The van der Waals surface area contributed by atoms with Crippen molar-refractivity contribution in [1.29, 1.82) is 0 Å². The third-order valence-corrected chi connectivity index (χ3v) is 7.11. The fourth-order valence-electron chi connectivity index (χ4n) is 4.44. The number of thioether (sulfide) groups is 1. The van der Waals surface area contributed by atoms with Gasteiger partial charge in [0.25, 0.3) is 0 Å². The van der Waals surface area contributed by atoms with Crippen molar-refractivity contribution in [1.82, 2.24) is 5.32 Å². The third-order valence-electron chi connectivity index (χ3n) is 5.92. The highest BCUT2D eigenvalue weighted by molar-refractivity contribution is 7.99. The largest absolute Gasteiger partial charge is 0.468 e. The van der Waals surface area contributed by atoms with E-state index in [0.29, 0.717) is 23.6 Å². The van der Waals surface area contributed by atoms with Crippen molar-refractivity contribution in [3.8, 4) is 0 Å². The van der Waals surface area contributed by atoms with Crippen molar-refractivity contribution < 1.29 is 28.2 Å². The molecular formula is C24H27ClFNO5S. The van der Waals surface area contributed by atoms with E-state index in [0.717, 1.165) is 5.75 Å². The van der Waals surface area contributed by atoms with E-state index in [9.17, 15) is 14.4 Å². The topological polar surface area (TPSA) is 81.7 Å². The molecule has 33 heavy (non-hydrogen) atoms. The summed E-state index contributed by atoms with van der Waals surface area (Å²) in [5.74, 6) is -3.48. The van der Waals surface area contributed by atoms with E-state index in [-0.39, 0.29) is 34.3 Å². The molecule has 1 heterocycles. The van der Waals surface area contributed by atoms with E-state index >= 15 is 4.39 Å². The van der Waals surface area contributed by atoms with Gasteiger partial charge in [0, 0.05) is 33.3 Å². The summed E-state index contributed by atoms with van der Waals surface area (Å²) < 4.78 is 25.5. The highest BCUT2D eigenvalue weighted by atomic mass is 35.5. The van der Waals surface area contributed by atoms with Crippen LogP contribution in [0.2, 0.25) is 5.02 Å². The van der Waals surface area contributed by atoms with Gasteiger partial charge in [0.1, 0.15) is 18.3 Å². The van der Waals surface area contributed by atoms with E-state index < -0.39 is 35.4 Å². The number of nitrogens with one attached hydrogen (secondary N) is 1. The van der Waals surface area contributed by atoms with Crippen LogP contribution in [0.3, 0.4) is 0 Å². The minimum atomic E-state index is -1.10. The zero-order valence-corrected chi connectivity index (χ0v) is 20.6. The number of Topliss-reactive ketones (excluding diaryl/α,β-unsaturated/α-hetero) is 1. The van der Waals surface area contributed by atoms with Gasteiger partial charge in [-0.1, -0.05) is 31.5 Å². The van der Waals surface area contributed by atoms with Crippen LogP contribution in [0, 0.1) is 17.7 Å². The van der Waals surface area contributed by atoms with Crippen LogP contribution in [-0.4, -0.2) is 42.9 Å². The molecule has 0 bridgehead atoms. The minimum absolute atomic E-state index is 0.00826. The van der Waals surface area contributed by atoms with E-state index in [1.54, 1.807) is 25.6 Å². The molecule has 0 radical (unpaired) electrons. The number of ketones is 1. The average molecular weight is 496 g/mol. The number of dihydropyridines is 1. The molecule has 6 nitrogen and oxygen atoms in total. The van der Waals surface area contributed by atoms with Crippen LogP contribution >= 0.6 is 23.4 Å². The molecule has 3 atom stereocenters. The number of benzene rings is 1. The Hall–Kier alpha value is -2.32. The molecule has 0 fully saturated rings. The minimum Gasteiger partial charge on any atom is -0.468 e. The summed E-state index contributed by atoms with van der Waals surface area (Å²) in [5, 5.41) is 3.22. The molecule has 1 aliphatic carbocycles. The number of allylic oxidation sites excluding steroid dienone is 3. The van der Waals surface area contributed by atoms with Crippen LogP contribution in [0.15, 0.2) is 40.7 Å². The molecular weight excluding hydrogens is 469 g/mol. The number of ether oxygens (including phenoxy) is 2. The Morgan fingerprint density at radius 3 is 2.70 bits per heavy atom. The maximum absolute atomic E-state index is 15.1. The van der Waals surface area contributed by atoms with Crippen molar-refractivity contribution in [3.05, 3.63) is 57.1 Å². The summed E-state index contributed by atoms with van der Waals surface area (Å²) in [6.07, 6.45) is 0.357. The molecule has 9 heteroatoms. The lowest BCUT2D eigenvalue weighted by Crippen LogP contribution is -2.43. The lowest BCUT2D eigenvalue weighted by atomic mass is 9.69. The van der Waals surface area contributed by atoms with E-state index in [2.05, 4.69) is 5.32 Å². The first kappa shape index (κ1) is 25.3. The summed E-state index contributed by atoms with van der Waals surface area (Å²) in [7, 11) is 1.22. The van der Waals surface area contributed by atoms with E-state index in [4.69, 9.17) is 21.1 Å². The van der Waals surface area contributed by atoms with Crippen molar-refractivity contribution >= 4 is 41.1 Å². The number of hydrogen-bond donors (Lipinski definition) is 1. The van der Waals surface area contributed by atoms with Gasteiger partial charge < -0.3 is 14.8 Å². The summed E-state index contributed by atoms with van der Waals surface area (Å²) >= 11 is 8.02. The second-order valence-corrected chi connectivity index (χ2v) is 9.80. The maximum Gasteiger partial charge on any atom is 0.336 e. The summed E-state index contributed by atoms with van der Waals surface area (Å²) in [6.45, 7) is 5.64. The van der Waals surface area contributed by atoms with Gasteiger partial charge in [-0.15, -0.1) is 0 Å². The number of rotatable bonds is 7. The van der Waals surface area contributed by atoms with Gasteiger partial charge in [-0.05, 0) is 37.1 Å². The number of methoxy groups -OCH3 is 1. The van der Waals surface area contributed by atoms with Crippen LogP contribution in [-0.2, 0) is 23.9 Å². The van der Waals surface area contributed by atoms with Crippen molar-refractivity contribution in [2.45, 2.75) is 33.1 Å². The first-order chi connectivity index (χ1) is 15.7. The zero-order valence-electron chi connectivity index (χ0n) is 19.0. The molecule has 178 valence electrons. The molecule has 1 aromatic carbocycles. The van der Waals surface area contributed by atoms with E-state index in [1.165, 1.54) is 25.3 Å². The second kappa shape index (κ2) is 10.7. The van der Waals surface area contributed by atoms with Crippen LogP contribution in [0.1, 0.15) is 38.7 Å². The normalized spacial score (nSPS) is 22.6. The van der Waals surface area contributed by atoms with Gasteiger partial charge in [-0.3, -0.25) is 9.59 Å². The molecule has 1 aromatic rings. The van der Waals surface area contributed by atoms with Crippen LogP contribution < -0.4 is 5.32 Å². The molecule has 1 N–H and O–H groups in total. The average Bonchev–Trinajstić information content (AvgIpc) is 2.75. The molecule has 3 rings (SSSR count). The van der Waals surface area contributed by atoms with Crippen LogP contribution in [0.4, 0.5) is 4.39 Å².